The molecular formula is C16H21N. The lowest BCUT2D eigenvalue weighted by Gasteiger charge is -2.24. The molecule has 0 heterocycles. The van der Waals surface area contributed by atoms with Crippen LogP contribution in [-0.2, 0) is 5.41 Å². The van der Waals surface area contributed by atoms with Crippen LogP contribution in [-0.4, -0.2) is 6.54 Å². The van der Waals surface area contributed by atoms with E-state index >= 15 is 0 Å². The first kappa shape index (κ1) is 12.1. The second kappa shape index (κ2) is 4.89. The zero-order valence-electron chi connectivity index (χ0n) is 10.7. The van der Waals surface area contributed by atoms with E-state index in [9.17, 15) is 0 Å². The van der Waals surface area contributed by atoms with Gasteiger partial charge in [0.2, 0.25) is 0 Å². The van der Waals surface area contributed by atoms with E-state index < -0.39 is 0 Å². The summed E-state index contributed by atoms with van der Waals surface area (Å²) in [5.74, 6) is 0.537. The van der Waals surface area contributed by atoms with Crippen molar-refractivity contribution in [1.82, 2.24) is 0 Å². The summed E-state index contributed by atoms with van der Waals surface area (Å²) >= 11 is 0. The second-order valence-corrected chi connectivity index (χ2v) is 5.37. The van der Waals surface area contributed by atoms with Crippen LogP contribution in [0.3, 0.4) is 0 Å². The first-order valence-corrected chi connectivity index (χ1v) is 6.27. The molecule has 2 N–H and O–H groups in total. The Morgan fingerprint density at radius 1 is 1.18 bits per heavy atom. The molecule has 1 unspecified atom stereocenters. The molecule has 1 aromatic rings. The van der Waals surface area contributed by atoms with Crippen LogP contribution in [0.5, 0.6) is 0 Å². The molecule has 0 aliphatic heterocycles. The average molecular weight is 227 g/mol. The monoisotopic (exact) mass is 227 g/mol. The number of hydrogen-bond acceptors (Lipinski definition) is 1. The molecule has 2 rings (SSSR count). The van der Waals surface area contributed by atoms with Crippen molar-refractivity contribution < 1.29 is 0 Å². The quantitative estimate of drug-likeness (QED) is 0.840. The minimum absolute atomic E-state index is 0.0703. The lowest BCUT2D eigenvalue weighted by Crippen LogP contribution is -2.27. The fourth-order valence-electron chi connectivity index (χ4n) is 2.13. The smallest absolute Gasteiger partial charge is 0.00557 e. The summed E-state index contributed by atoms with van der Waals surface area (Å²) in [6.45, 7) is 5.05. The van der Waals surface area contributed by atoms with E-state index in [4.69, 9.17) is 5.73 Å². The molecule has 0 saturated carbocycles. The third kappa shape index (κ3) is 2.67. The van der Waals surface area contributed by atoms with Gasteiger partial charge < -0.3 is 5.73 Å². The van der Waals surface area contributed by atoms with Crippen LogP contribution in [0.2, 0.25) is 0 Å². The number of hydrogen-bond donors (Lipinski definition) is 1. The highest BCUT2D eigenvalue weighted by Crippen LogP contribution is 2.27. The SMILES string of the molecule is CC(C)(CN)c1ccc(C2C=CC=CC2)cc1. The van der Waals surface area contributed by atoms with Crippen molar-refractivity contribution in [1.29, 1.82) is 0 Å². The number of nitrogens with two attached hydrogens (primary N) is 1. The van der Waals surface area contributed by atoms with Crippen LogP contribution in [0.4, 0.5) is 0 Å². The van der Waals surface area contributed by atoms with E-state index in [0.29, 0.717) is 12.5 Å². The number of benzene rings is 1. The van der Waals surface area contributed by atoms with Gasteiger partial charge in [-0.3, -0.25) is 0 Å². The standard InChI is InChI=1S/C16H21N/c1-16(2,12-17)15-10-8-14(9-11-15)13-6-4-3-5-7-13/h3-6,8-11,13H,7,12,17H2,1-2H3. The van der Waals surface area contributed by atoms with E-state index in [1.807, 2.05) is 0 Å². The second-order valence-electron chi connectivity index (χ2n) is 5.37. The highest BCUT2D eigenvalue weighted by atomic mass is 14.6. The Labute approximate surface area is 104 Å². The predicted molar refractivity (Wildman–Crippen MR) is 74.2 cm³/mol. The van der Waals surface area contributed by atoms with E-state index in [2.05, 4.69) is 62.4 Å². The van der Waals surface area contributed by atoms with Crippen LogP contribution in [0, 0.1) is 0 Å². The van der Waals surface area contributed by atoms with Gasteiger partial charge in [-0.05, 0) is 17.5 Å². The summed E-state index contributed by atoms with van der Waals surface area (Å²) in [5.41, 5.74) is 8.58. The van der Waals surface area contributed by atoms with Gasteiger partial charge in [0.15, 0.2) is 0 Å². The van der Waals surface area contributed by atoms with Crippen molar-refractivity contribution in [2.45, 2.75) is 31.6 Å². The lowest BCUT2D eigenvalue weighted by atomic mass is 9.83. The normalized spacial score (nSPS) is 19.6. The minimum Gasteiger partial charge on any atom is -0.330 e. The molecule has 1 nitrogen and oxygen atoms in total. The van der Waals surface area contributed by atoms with Crippen LogP contribution in [0.15, 0.2) is 48.6 Å². The summed E-state index contributed by atoms with van der Waals surface area (Å²) in [6, 6.07) is 8.91. The first-order chi connectivity index (χ1) is 8.13. The van der Waals surface area contributed by atoms with Crippen molar-refractivity contribution in [3.8, 4) is 0 Å². The Morgan fingerprint density at radius 3 is 2.41 bits per heavy atom. The third-order valence-corrected chi connectivity index (χ3v) is 3.61. The summed E-state index contributed by atoms with van der Waals surface area (Å²) < 4.78 is 0. The van der Waals surface area contributed by atoms with Crippen LogP contribution >= 0.6 is 0 Å². The number of allylic oxidation sites excluding steroid dienone is 4. The van der Waals surface area contributed by atoms with E-state index in [0.717, 1.165) is 6.42 Å². The fraction of sp³-hybridized carbons (Fsp3) is 0.375. The summed E-state index contributed by atoms with van der Waals surface area (Å²) in [6.07, 6.45) is 9.84. The van der Waals surface area contributed by atoms with Crippen molar-refractivity contribution in [2.75, 3.05) is 6.54 Å². The average Bonchev–Trinajstić information content (AvgIpc) is 2.40. The van der Waals surface area contributed by atoms with Gasteiger partial charge in [-0.2, -0.15) is 0 Å². The minimum atomic E-state index is 0.0703. The molecule has 1 aromatic carbocycles. The predicted octanol–water partition coefficient (Wildman–Crippen LogP) is 3.52. The zero-order valence-corrected chi connectivity index (χ0v) is 10.7. The Balaban J connectivity index is 2.18. The van der Waals surface area contributed by atoms with E-state index in [-0.39, 0.29) is 5.41 Å². The van der Waals surface area contributed by atoms with Gasteiger partial charge in [-0.1, -0.05) is 62.4 Å². The maximum Gasteiger partial charge on any atom is 0.00557 e. The molecule has 1 aliphatic carbocycles. The molecule has 1 atom stereocenters. The van der Waals surface area contributed by atoms with Crippen LogP contribution < -0.4 is 5.73 Å². The summed E-state index contributed by atoms with van der Waals surface area (Å²) in [4.78, 5) is 0. The largest absolute Gasteiger partial charge is 0.330 e. The zero-order chi connectivity index (χ0) is 12.3. The molecular weight excluding hydrogens is 206 g/mol. The van der Waals surface area contributed by atoms with E-state index in [1.165, 1.54) is 11.1 Å². The highest BCUT2D eigenvalue weighted by Gasteiger charge is 2.18. The molecule has 0 spiro atoms. The van der Waals surface area contributed by atoms with Crippen LogP contribution in [0.1, 0.15) is 37.3 Å². The maximum atomic E-state index is 5.80. The topological polar surface area (TPSA) is 26.0 Å². The highest BCUT2D eigenvalue weighted by molar-refractivity contribution is 5.34. The number of rotatable bonds is 3. The Kier molecular flexibility index (Phi) is 3.49. The fourth-order valence-corrected chi connectivity index (χ4v) is 2.13. The van der Waals surface area contributed by atoms with Gasteiger partial charge in [0.05, 0.1) is 0 Å². The Hall–Kier alpha value is -1.34. The van der Waals surface area contributed by atoms with Gasteiger partial charge in [-0.15, -0.1) is 0 Å². The van der Waals surface area contributed by atoms with Crippen molar-refractivity contribution in [3.05, 3.63) is 59.7 Å². The molecule has 0 aromatic heterocycles. The first-order valence-electron chi connectivity index (χ1n) is 6.27. The third-order valence-electron chi connectivity index (χ3n) is 3.61. The van der Waals surface area contributed by atoms with Crippen molar-refractivity contribution in [3.63, 3.8) is 0 Å². The van der Waals surface area contributed by atoms with Gasteiger partial charge in [0, 0.05) is 17.9 Å². The van der Waals surface area contributed by atoms with Crippen molar-refractivity contribution >= 4 is 0 Å². The Morgan fingerprint density at radius 2 is 1.88 bits per heavy atom. The van der Waals surface area contributed by atoms with Crippen molar-refractivity contribution in [2.24, 2.45) is 5.73 Å². The van der Waals surface area contributed by atoms with Crippen LogP contribution in [0.25, 0.3) is 0 Å². The van der Waals surface area contributed by atoms with Gasteiger partial charge >= 0.3 is 0 Å². The molecule has 0 fully saturated rings. The molecule has 17 heavy (non-hydrogen) atoms. The maximum absolute atomic E-state index is 5.80. The lowest BCUT2D eigenvalue weighted by molar-refractivity contribution is 0.539. The summed E-state index contributed by atoms with van der Waals surface area (Å²) in [7, 11) is 0. The molecule has 0 bridgehead atoms. The molecule has 90 valence electrons. The van der Waals surface area contributed by atoms with Gasteiger partial charge in [-0.25, -0.2) is 0 Å². The van der Waals surface area contributed by atoms with Gasteiger partial charge in [0.1, 0.15) is 0 Å². The molecule has 1 heteroatoms. The Bertz CT molecular complexity index is 423. The molecule has 0 radical (unpaired) electrons. The molecule has 1 aliphatic rings. The molecule has 0 saturated heterocycles. The van der Waals surface area contributed by atoms with Gasteiger partial charge in [0.25, 0.3) is 0 Å². The molecule has 0 amide bonds. The summed E-state index contributed by atoms with van der Waals surface area (Å²) in [5, 5.41) is 0. The van der Waals surface area contributed by atoms with E-state index in [1.54, 1.807) is 0 Å².